The van der Waals surface area contributed by atoms with E-state index in [9.17, 15) is 0 Å². The van der Waals surface area contributed by atoms with E-state index >= 15 is 0 Å². The van der Waals surface area contributed by atoms with Gasteiger partial charge in [0.15, 0.2) is 0 Å². The Bertz CT molecular complexity index is 6.00. The minimum Gasteiger partial charge on any atom is -1.00 e. The van der Waals surface area contributed by atoms with E-state index in [0.29, 0.717) is 0 Å². The van der Waals surface area contributed by atoms with Crippen LogP contribution in [-0.2, 0) is 0 Å². The zero-order valence-electron chi connectivity index (χ0n) is 1.33. The summed E-state index contributed by atoms with van der Waals surface area (Å²) in [5.74, 6) is 0. The van der Waals surface area contributed by atoms with Gasteiger partial charge in [0.05, 0.1) is 0 Å². The van der Waals surface area contributed by atoms with Gasteiger partial charge < -0.3 is 24.8 Å². The second kappa shape index (κ2) is 29.5. The number of rotatable bonds is 0. The average Bonchev–Trinajstić information content (AvgIpc) is 0. The van der Waals surface area contributed by atoms with E-state index in [1.54, 1.807) is 0 Å². The fourth-order valence-corrected chi connectivity index (χ4v) is 0. The third kappa shape index (κ3) is 10.7. The Labute approximate surface area is 52.2 Å². The van der Waals surface area contributed by atoms with Crippen molar-refractivity contribution in [1.29, 1.82) is 0 Å². The van der Waals surface area contributed by atoms with Gasteiger partial charge in [0.1, 0.15) is 0 Å². The third-order valence-corrected chi connectivity index (χ3v) is 0. The van der Waals surface area contributed by atoms with Crippen LogP contribution in [-0.4, -0.2) is 19.8 Å². The molecule has 0 amide bonds. The molecule has 0 rings (SSSR count). The van der Waals surface area contributed by atoms with E-state index < -0.39 is 0 Å². The topological polar surface area (TPSA) is 0 Å². The van der Waals surface area contributed by atoms with Crippen molar-refractivity contribution in [3.8, 4) is 0 Å². The molecule has 0 aliphatic heterocycles. The summed E-state index contributed by atoms with van der Waals surface area (Å²) in [6.07, 6.45) is 0. The molecule has 0 fully saturated rings. The number of hydrogen-bond acceptors (Lipinski definition) is 0. The summed E-state index contributed by atoms with van der Waals surface area (Å²) in [6.45, 7) is 0. The first-order chi connectivity index (χ1) is 0. The van der Waals surface area contributed by atoms with Gasteiger partial charge in [-0.1, -0.05) is 7.43 Å². The SMILES string of the molecule is C.[Cl-].[Cl-].[Ga]. The van der Waals surface area contributed by atoms with Crippen LogP contribution in [0.2, 0.25) is 0 Å². The van der Waals surface area contributed by atoms with Crippen molar-refractivity contribution in [2.45, 2.75) is 7.43 Å². The maximum absolute atomic E-state index is 0. The molecule has 27 valence electrons. The van der Waals surface area contributed by atoms with E-state index in [0.717, 1.165) is 0 Å². The van der Waals surface area contributed by atoms with Crippen LogP contribution in [0.3, 0.4) is 0 Å². The van der Waals surface area contributed by atoms with Crippen LogP contribution >= 0.6 is 0 Å². The summed E-state index contributed by atoms with van der Waals surface area (Å²) in [7, 11) is 0. The maximum atomic E-state index is 0. The molecule has 0 unspecified atom stereocenters. The van der Waals surface area contributed by atoms with Crippen molar-refractivity contribution in [3.63, 3.8) is 0 Å². The zero-order chi connectivity index (χ0) is 0. The van der Waals surface area contributed by atoms with Crippen LogP contribution in [0.15, 0.2) is 0 Å². The van der Waals surface area contributed by atoms with E-state index in [1.807, 2.05) is 0 Å². The van der Waals surface area contributed by atoms with Crippen molar-refractivity contribution in [2.24, 2.45) is 0 Å². The number of halogens is 2. The Morgan fingerprint density at radius 3 is 0.750 bits per heavy atom. The van der Waals surface area contributed by atoms with Gasteiger partial charge in [0.2, 0.25) is 0 Å². The fraction of sp³-hybridized carbons (Fsp3) is 1.00. The van der Waals surface area contributed by atoms with Crippen LogP contribution in [0.4, 0.5) is 0 Å². The molecule has 4 heavy (non-hydrogen) atoms. The van der Waals surface area contributed by atoms with Gasteiger partial charge in [-0.3, -0.25) is 0 Å². The van der Waals surface area contributed by atoms with Gasteiger partial charge in [0, 0.05) is 19.8 Å². The molecule has 0 saturated carbocycles. The summed E-state index contributed by atoms with van der Waals surface area (Å²) < 4.78 is 0. The zero-order valence-corrected chi connectivity index (χ0v) is 5.27. The summed E-state index contributed by atoms with van der Waals surface area (Å²) >= 11 is 0. The average molecular weight is 157 g/mol. The summed E-state index contributed by atoms with van der Waals surface area (Å²) in [5, 5.41) is 0. The molecule has 0 aromatic heterocycles. The predicted molar refractivity (Wildman–Crippen MR) is 12.5 cm³/mol. The standard InChI is InChI=1S/CH4.2ClH.Ga/h1H4;2*1H;/p-2. The Balaban J connectivity index is 0. The Kier molecular flexibility index (Phi) is 462. The molecular weight excluding hydrogens is 153 g/mol. The Morgan fingerprint density at radius 2 is 0.750 bits per heavy atom. The van der Waals surface area contributed by atoms with Crippen LogP contribution in [0.1, 0.15) is 7.43 Å². The first-order valence-electron chi connectivity index (χ1n) is 0. The van der Waals surface area contributed by atoms with E-state index in [-0.39, 0.29) is 52.0 Å². The minimum atomic E-state index is 0. The van der Waals surface area contributed by atoms with Gasteiger partial charge in [-0.15, -0.1) is 0 Å². The van der Waals surface area contributed by atoms with Crippen LogP contribution in [0.25, 0.3) is 0 Å². The van der Waals surface area contributed by atoms with Gasteiger partial charge in [0.25, 0.3) is 0 Å². The van der Waals surface area contributed by atoms with Crippen LogP contribution in [0.5, 0.6) is 0 Å². The molecule has 0 saturated heterocycles. The van der Waals surface area contributed by atoms with E-state index in [2.05, 4.69) is 0 Å². The molecular formula is CH4Cl2Ga-2. The Hall–Kier alpha value is 1.22. The molecule has 0 atom stereocenters. The predicted octanol–water partition coefficient (Wildman–Crippen LogP) is -5.74. The minimum absolute atomic E-state index is 0. The van der Waals surface area contributed by atoms with Crippen molar-refractivity contribution >= 4 is 19.8 Å². The quantitative estimate of drug-likeness (QED) is 0.307. The number of hydrogen-bond donors (Lipinski definition) is 0. The van der Waals surface area contributed by atoms with E-state index in [4.69, 9.17) is 0 Å². The summed E-state index contributed by atoms with van der Waals surface area (Å²) in [4.78, 5) is 0. The molecule has 0 N–H and O–H groups in total. The molecule has 0 nitrogen and oxygen atoms in total. The largest absolute Gasteiger partial charge is 1.00 e. The third-order valence-electron chi connectivity index (χ3n) is 0. The van der Waals surface area contributed by atoms with Crippen molar-refractivity contribution < 1.29 is 24.8 Å². The molecule has 3 radical (unpaired) electrons. The smallest absolute Gasteiger partial charge is 0 e. The molecule has 0 spiro atoms. The maximum Gasteiger partial charge on any atom is 0 e. The molecule has 3 heteroatoms. The molecule has 0 aromatic carbocycles. The summed E-state index contributed by atoms with van der Waals surface area (Å²) in [5.41, 5.74) is 0. The first-order valence-corrected chi connectivity index (χ1v) is 0. The molecule has 0 bridgehead atoms. The normalized spacial score (nSPS) is 0. The molecule has 0 heterocycles. The van der Waals surface area contributed by atoms with E-state index in [1.165, 1.54) is 0 Å². The van der Waals surface area contributed by atoms with Crippen molar-refractivity contribution in [1.82, 2.24) is 0 Å². The van der Waals surface area contributed by atoms with Crippen LogP contribution < -0.4 is 24.8 Å². The van der Waals surface area contributed by atoms with Gasteiger partial charge in [-0.05, 0) is 0 Å². The second-order valence-corrected chi connectivity index (χ2v) is 0. The van der Waals surface area contributed by atoms with Gasteiger partial charge >= 0.3 is 0 Å². The van der Waals surface area contributed by atoms with Gasteiger partial charge in [-0.2, -0.15) is 0 Å². The Morgan fingerprint density at radius 1 is 0.750 bits per heavy atom. The monoisotopic (exact) mass is 155 g/mol. The molecule has 0 aromatic rings. The molecule has 0 aliphatic carbocycles. The first kappa shape index (κ1) is 62.7. The van der Waals surface area contributed by atoms with Gasteiger partial charge in [-0.25, -0.2) is 0 Å². The second-order valence-electron chi connectivity index (χ2n) is 0. The summed E-state index contributed by atoms with van der Waals surface area (Å²) in [6, 6.07) is 0. The van der Waals surface area contributed by atoms with Crippen molar-refractivity contribution in [3.05, 3.63) is 0 Å². The van der Waals surface area contributed by atoms with Crippen LogP contribution in [0, 0.1) is 0 Å². The van der Waals surface area contributed by atoms with Crippen molar-refractivity contribution in [2.75, 3.05) is 0 Å². The fourth-order valence-electron chi connectivity index (χ4n) is 0. The molecule has 0 aliphatic rings.